The van der Waals surface area contributed by atoms with Crippen LogP contribution in [0.5, 0.6) is 0 Å². The Balaban J connectivity index is 1.90. The zero-order valence-corrected chi connectivity index (χ0v) is 15.3. The van der Waals surface area contributed by atoms with Gasteiger partial charge in [0.1, 0.15) is 0 Å². The maximum absolute atomic E-state index is 12.7. The maximum Gasteiger partial charge on any atom is 0.409 e. The van der Waals surface area contributed by atoms with Crippen molar-refractivity contribution in [1.29, 1.82) is 0 Å². The number of amides is 2. The Morgan fingerprint density at radius 1 is 1.04 bits per heavy atom. The van der Waals surface area contributed by atoms with Crippen LogP contribution in [0.25, 0.3) is 0 Å². The quantitative estimate of drug-likeness (QED) is 0.721. The second kappa shape index (κ2) is 8.15. The highest BCUT2D eigenvalue weighted by molar-refractivity contribution is 7.89. The lowest BCUT2D eigenvalue weighted by Gasteiger charge is -2.38. The smallest absolute Gasteiger partial charge is 0.409 e. The molecule has 2 rings (SSSR count). The lowest BCUT2D eigenvalue weighted by molar-refractivity contribution is -0.138. The normalized spacial score (nSPS) is 23.2. The molecule has 2 aliphatic rings. The molecule has 0 bridgehead atoms. The van der Waals surface area contributed by atoms with Crippen LogP contribution < -0.4 is 0 Å². The molecule has 0 spiro atoms. The molecule has 24 heavy (non-hydrogen) atoms. The average Bonchev–Trinajstić information content (AvgIpc) is 2.61. The van der Waals surface area contributed by atoms with Crippen LogP contribution >= 0.6 is 0 Å². The predicted octanol–water partition coefficient (Wildman–Crippen LogP) is 0.349. The largest absolute Gasteiger partial charge is 0.450 e. The van der Waals surface area contributed by atoms with Gasteiger partial charge in [-0.2, -0.15) is 0 Å². The lowest BCUT2D eigenvalue weighted by atomic mass is 9.98. The molecule has 1 unspecified atom stereocenters. The summed E-state index contributed by atoms with van der Waals surface area (Å²) in [5, 5.41) is 0. The topological polar surface area (TPSA) is 87.2 Å². The fourth-order valence-electron chi connectivity index (χ4n) is 3.16. The lowest BCUT2D eigenvalue weighted by Crippen LogP contribution is -2.54. The number of carbonyl (C=O) groups excluding carboxylic acids is 2. The highest BCUT2D eigenvalue weighted by atomic mass is 32.2. The van der Waals surface area contributed by atoms with Crippen molar-refractivity contribution >= 4 is 22.0 Å². The Kier molecular flexibility index (Phi) is 6.45. The molecule has 0 radical (unpaired) electrons. The van der Waals surface area contributed by atoms with Crippen LogP contribution in [-0.2, 0) is 19.6 Å². The number of ether oxygens (including phenoxy) is 1. The van der Waals surface area contributed by atoms with Crippen molar-refractivity contribution in [2.24, 2.45) is 5.92 Å². The molecule has 0 N–H and O–H groups in total. The number of hydrogen-bond acceptors (Lipinski definition) is 5. The highest BCUT2D eigenvalue weighted by Crippen LogP contribution is 2.22. The minimum Gasteiger partial charge on any atom is -0.450 e. The number of rotatable bonds is 4. The summed E-state index contributed by atoms with van der Waals surface area (Å²) in [7, 11) is -3.25. The van der Waals surface area contributed by atoms with Crippen LogP contribution in [0.4, 0.5) is 4.79 Å². The van der Waals surface area contributed by atoms with Gasteiger partial charge in [-0.05, 0) is 26.7 Å². The molecule has 2 saturated heterocycles. The summed E-state index contributed by atoms with van der Waals surface area (Å²) in [4.78, 5) is 27.7. The number of nitrogens with zero attached hydrogens (tertiary/aromatic N) is 3. The average molecular weight is 361 g/mol. The molecule has 138 valence electrons. The van der Waals surface area contributed by atoms with Crippen LogP contribution in [0.2, 0.25) is 0 Å². The van der Waals surface area contributed by atoms with Gasteiger partial charge in [-0.1, -0.05) is 0 Å². The summed E-state index contributed by atoms with van der Waals surface area (Å²) >= 11 is 0. The van der Waals surface area contributed by atoms with E-state index in [1.165, 1.54) is 4.31 Å². The standard InChI is InChI=1S/C15H27N3O5S/c1-3-23-15(20)17-10-8-16(9-11-17)14(19)13-6-5-7-18(12-13)24(21,22)4-2/h13H,3-12H2,1-2H3. The van der Waals surface area contributed by atoms with Crippen molar-refractivity contribution < 1.29 is 22.7 Å². The van der Waals surface area contributed by atoms with Gasteiger partial charge in [0.05, 0.1) is 18.3 Å². The summed E-state index contributed by atoms with van der Waals surface area (Å²) in [6, 6.07) is 0. The number of piperazine rings is 1. The van der Waals surface area contributed by atoms with Gasteiger partial charge in [-0.25, -0.2) is 17.5 Å². The van der Waals surface area contributed by atoms with Gasteiger partial charge in [0.2, 0.25) is 15.9 Å². The van der Waals surface area contributed by atoms with Gasteiger partial charge in [-0.15, -0.1) is 0 Å². The van der Waals surface area contributed by atoms with E-state index < -0.39 is 10.0 Å². The number of hydrogen-bond donors (Lipinski definition) is 0. The van der Waals surface area contributed by atoms with Crippen LogP contribution in [0.1, 0.15) is 26.7 Å². The molecule has 0 aromatic rings. The Bertz CT molecular complexity index is 557. The van der Waals surface area contributed by atoms with Gasteiger partial charge in [0, 0.05) is 39.3 Å². The first-order chi connectivity index (χ1) is 11.4. The SMILES string of the molecule is CCOC(=O)N1CCN(C(=O)C2CCCN(S(=O)(=O)CC)C2)CC1. The molecule has 1 atom stereocenters. The van der Waals surface area contributed by atoms with E-state index in [-0.39, 0.29) is 30.2 Å². The molecular formula is C15H27N3O5S. The first kappa shape index (κ1) is 19.0. The third-order valence-electron chi connectivity index (χ3n) is 4.61. The molecule has 0 aliphatic carbocycles. The Morgan fingerprint density at radius 2 is 1.67 bits per heavy atom. The fraction of sp³-hybridized carbons (Fsp3) is 0.867. The Hall–Kier alpha value is -1.35. The van der Waals surface area contributed by atoms with Crippen molar-refractivity contribution in [1.82, 2.24) is 14.1 Å². The van der Waals surface area contributed by atoms with E-state index in [0.29, 0.717) is 52.2 Å². The van der Waals surface area contributed by atoms with E-state index in [1.54, 1.807) is 23.6 Å². The van der Waals surface area contributed by atoms with Gasteiger partial charge in [0.25, 0.3) is 0 Å². The summed E-state index contributed by atoms with van der Waals surface area (Å²) in [5.74, 6) is -0.227. The summed E-state index contributed by atoms with van der Waals surface area (Å²) in [5.41, 5.74) is 0. The van der Waals surface area contributed by atoms with E-state index in [0.717, 1.165) is 0 Å². The van der Waals surface area contributed by atoms with E-state index in [2.05, 4.69) is 0 Å². The fourth-order valence-corrected chi connectivity index (χ4v) is 4.34. The van der Waals surface area contributed by atoms with E-state index in [9.17, 15) is 18.0 Å². The third-order valence-corrected chi connectivity index (χ3v) is 6.46. The second-order valence-electron chi connectivity index (χ2n) is 6.11. The number of sulfonamides is 1. The Morgan fingerprint density at radius 3 is 2.25 bits per heavy atom. The molecule has 0 aromatic heterocycles. The van der Waals surface area contributed by atoms with E-state index in [4.69, 9.17) is 4.74 Å². The predicted molar refractivity (Wildman–Crippen MR) is 88.9 cm³/mol. The van der Waals surface area contributed by atoms with Crippen LogP contribution in [0.3, 0.4) is 0 Å². The molecule has 0 saturated carbocycles. The summed E-state index contributed by atoms with van der Waals surface area (Å²) in [6.45, 7) is 6.32. The molecular weight excluding hydrogens is 334 g/mol. The van der Waals surface area contributed by atoms with Crippen LogP contribution in [-0.4, -0.2) is 86.2 Å². The van der Waals surface area contributed by atoms with Gasteiger partial charge in [-0.3, -0.25) is 4.79 Å². The molecule has 0 aromatic carbocycles. The van der Waals surface area contributed by atoms with Gasteiger partial charge in [0.15, 0.2) is 0 Å². The molecule has 2 heterocycles. The van der Waals surface area contributed by atoms with Crippen molar-refractivity contribution in [3.05, 3.63) is 0 Å². The highest BCUT2D eigenvalue weighted by Gasteiger charge is 2.35. The molecule has 8 nitrogen and oxygen atoms in total. The summed E-state index contributed by atoms with van der Waals surface area (Å²) in [6.07, 6.45) is 1.08. The zero-order valence-electron chi connectivity index (χ0n) is 14.4. The molecule has 2 fully saturated rings. The maximum atomic E-state index is 12.7. The minimum atomic E-state index is -3.25. The zero-order chi connectivity index (χ0) is 17.7. The van der Waals surface area contributed by atoms with Crippen molar-refractivity contribution in [2.75, 3.05) is 51.6 Å². The van der Waals surface area contributed by atoms with Crippen molar-refractivity contribution in [3.63, 3.8) is 0 Å². The first-order valence-corrected chi connectivity index (χ1v) is 10.2. The van der Waals surface area contributed by atoms with E-state index >= 15 is 0 Å². The number of piperidine rings is 1. The molecule has 2 aliphatic heterocycles. The first-order valence-electron chi connectivity index (χ1n) is 8.57. The number of carbonyl (C=O) groups is 2. The molecule has 9 heteroatoms. The summed E-state index contributed by atoms with van der Waals surface area (Å²) < 4.78 is 30.4. The Labute approximate surface area is 143 Å². The van der Waals surface area contributed by atoms with Crippen molar-refractivity contribution in [3.8, 4) is 0 Å². The van der Waals surface area contributed by atoms with Gasteiger partial charge >= 0.3 is 6.09 Å². The monoisotopic (exact) mass is 361 g/mol. The van der Waals surface area contributed by atoms with Crippen LogP contribution in [0, 0.1) is 5.92 Å². The minimum absolute atomic E-state index is 0.00508. The van der Waals surface area contributed by atoms with Crippen LogP contribution in [0.15, 0.2) is 0 Å². The van der Waals surface area contributed by atoms with E-state index in [1.807, 2.05) is 0 Å². The second-order valence-corrected chi connectivity index (χ2v) is 8.37. The van der Waals surface area contributed by atoms with Gasteiger partial charge < -0.3 is 14.5 Å². The third kappa shape index (κ3) is 4.38. The van der Waals surface area contributed by atoms with Crippen molar-refractivity contribution in [2.45, 2.75) is 26.7 Å². The molecule has 2 amide bonds.